The molecule has 0 N–H and O–H groups in total. The highest BCUT2D eigenvalue weighted by atomic mass is 16.6. The maximum Gasteiger partial charge on any atom is 0.347 e. The predicted octanol–water partition coefficient (Wildman–Crippen LogP) is 6.36. The van der Waals surface area contributed by atoms with Gasteiger partial charge in [0.25, 0.3) is 0 Å². The Morgan fingerprint density at radius 1 is 0.425 bits per heavy atom. The minimum atomic E-state index is -0.721. The topological polar surface area (TPSA) is 86.7 Å². The van der Waals surface area contributed by atoms with Crippen LogP contribution in [0.2, 0.25) is 0 Å². The summed E-state index contributed by atoms with van der Waals surface area (Å²) in [5.74, 6) is -2.83. The van der Waals surface area contributed by atoms with Crippen LogP contribution >= 0.6 is 0 Å². The van der Waals surface area contributed by atoms with Gasteiger partial charge in [-0.1, -0.05) is 99.5 Å². The molecule has 0 spiro atoms. The van der Waals surface area contributed by atoms with Gasteiger partial charge in [0, 0.05) is 0 Å². The van der Waals surface area contributed by atoms with Crippen molar-refractivity contribution >= 4 is 46.2 Å². The largest absolute Gasteiger partial charge is 0.386 e. The fraction of sp³-hybridized carbons (Fsp3) is 0.235. The van der Waals surface area contributed by atoms with Crippen molar-refractivity contribution in [3.8, 4) is 0 Å². The van der Waals surface area contributed by atoms with E-state index in [1.807, 2.05) is 48.5 Å². The zero-order chi connectivity index (χ0) is 28.2. The van der Waals surface area contributed by atoms with Gasteiger partial charge in [-0.05, 0) is 59.1 Å². The zero-order valence-electron chi connectivity index (χ0n) is 22.6. The molecular weight excluding hydrogens is 504 g/mol. The Kier molecular flexibility index (Phi) is 7.87. The van der Waals surface area contributed by atoms with Gasteiger partial charge in [-0.15, -0.1) is 0 Å². The van der Waals surface area contributed by atoms with Crippen molar-refractivity contribution in [2.75, 3.05) is 0 Å². The van der Waals surface area contributed by atoms with Crippen LogP contribution in [0.25, 0.3) is 22.3 Å². The minimum absolute atomic E-state index is 0.166. The van der Waals surface area contributed by atoms with E-state index >= 15 is 0 Å². The van der Waals surface area contributed by atoms with Crippen molar-refractivity contribution in [3.05, 3.63) is 106 Å². The molecular formula is C34H30O6. The third-order valence-electron chi connectivity index (χ3n) is 7.27. The van der Waals surface area contributed by atoms with E-state index in [1.165, 1.54) is 0 Å². The fourth-order valence-corrected chi connectivity index (χ4v) is 5.07. The van der Waals surface area contributed by atoms with Crippen LogP contribution in [-0.4, -0.2) is 23.9 Å². The molecule has 2 heterocycles. The van der Waals surface area contributed by atoms with Crippen LogP contribution in [0.5, 0.6) is 0 Å². The highest BCUT2D eigenvalue weighted by molar-refractivity contribution is 6.46. The molecule has 40 heavy (non-hydrogen) atoms. The number of hydrogen-bond acceptors (Lipinski definition) is 6. The van der Waals surface area contributed by atoms with Gasteiger partial charge in [-0.2, -0.15) is 0 Å². The SMILES string of the molecule is CCCCc1ccc(C2=C(c3ccc(C4=C(c5ccc(CCCC)cc5)C(=O)OC4=O)cc3)C(=O)OC2=O)cc1. The molecule has 2 aliphatic heterocycles. The smallest absolute Gasteiger partial charge is 0.347 e. The van der Waals surface area contributed by atoms with Gasteiger partial charge in [0.15, 0.2) is 0 Å². The van der Waals surface area contributed by atoms with Crippen LogP contribution in [0.4, 0.5) is 0 Å². The van der Waals surface area contributed by atoms with Gasteiger partial charge >= 0.3 is 23.9 Å². The van der Waals surface area contributed by atoms with Crippen LogP contribution < -0.4 is 0 Å². The lowest BCUT2D eigenvalue weighted by atomic mass is 9.92. The molecule has 5 rings (SSSR count). The number of carbonyl (C=O) groups excluding carboxylic acids is 4. The fourth-order valence-electron chi connectivity index (χ4n) is 5.07. The normalized spacial score (nSPS) is 15.2. The summed E-state index contributed by atoms with van der Waals surface area (Å²) >= 11 is 0. The lowest BCUT2D eigenvalue weighted by Crippen LogP contribution is -2.02. The number of hydrogen-bond donors (Lipinski definition) is 0. The summed E-state index contributed by atoms with van der Waals surface area (Å²) in [6.07, 6.45) is 6.20. The number of benzene rings is 3. The van der Waals surface area contributed by atoms with E-state index in [4.69, 9.17) is 9.47 Å². The molecule has 0 fully saturated rings. The van der Waals surface area contributed by atoms with Gasteiger partial charge in [0.1, 0.15) is 0 Å². The second-order valence-corrected chi connectivity index (χ2v) is 10.0. The first-order chi connectivity index (χ1) is 19.4. The van der Waals surface area contributed by atoms with Gasteiger partial charge in [0.05, 0.1) is 22.3 Å². The summed E-state index contributed by atoms with van der Waals surface area (Å²) < 4.78 is 9.96. The maximum absolute atomic E-state index is 12.7. The molecule has 3 aromatic rings. The van der Waals surface area contributed by atoms with Crippen LogP contribution in [0.3, 0.4) is 0 Å². The van der Waals surface area contributed by atoms with Gasteiger partial charge in [-0.3, -0.25) is 0 Å². The van der Waals surface area contributed by atoms with E-state index in [-0.39, 0.29) is 22.3 Å². The molecule has 0 saturated heterocycles. The summed E-state index contributed by atoms with van der Waals surface area (Å²) in [6.45, 7) is 4.26. The zero-order valence-corrected chi connectivity index (χ0v) is 22.6. The van der Waals surface area contributed by atoms with E-state index in [9.17, 15) is 19.2 Å². The van der Waals surface area contributed by atoms with E-state index in [1.54, 1.807) is 24.3 Å². The third-order valence-corrected chi connectivity index (χ3v) is 7.27. The van der Waals surface area contributed by atoms with Crippen molar-refractivity contribution in [3.63, 3.8) is 0 Å². The highest BCUT2D eigenvalue weighted by Crippen LogP contribution is 2.37. The predicted molar refractivity (Wildman–Crippen MR) is 152 cm³/mol. The standard InChI is InChI=1S/C34H30O6/c1-3-5-7-21-9-13-23(14-10-21)27-29(33(37)39-31(27)35)25-17-19-26(20-18-25)30-28(32(36)40-34(30)38)24-15-11-22(12-16-24)8-6-4-2/h9-20H,3-8H2,1-2H3. The number of esters is 4. The number of ether oxygens (including phenoxy) is 2. The summed E-state index contributed by atoms with van der Waals surface area (Å²) in [6, 6.07) is 21.8. The molecule has 0 aliphatic carbocycles. The first-order valence-electron chi connectivity index (χ1n) is 13.7. The third kappa shape index (κ3) is 5.30. The number of cyclic esters (lactones) is 4. The summed E-state index contributed by atoms with van der Waals surface area (Å²) in [5, 5.41) is 0. The first-order valence-corrected chi connectivity index (χ1v) is 13.7. The average molecular weight is 535 g/mol. The molecule has 0 unspecified atom stereocenters. The molecule has 2 aliphatic rings. The van der Waals surface area contributed by atoms with E-state index in [0.717, 1.165) is 49.7 Å². The molecule has 202 valence electrons. The molecule has 0 bridgehead atoms. The molecule has 0 atom stereocenters. The lowest BCUT2D eigenvalue weighted by Gasteiger charge is -2.08. The van der Waals surface area contributed by atoms with E-state index in [0.29, 0.717) is 22.3 Å². The Bertz CT molecular complexity index is 1420. The number of rotatable bonds is 10. The summed E-state index contributed by atoms with van der Waals surface area (Å²) in [4.78, 5) is 50.7. The molecule has 6 heteroatoms. The van der Waals surface area contributed by atoms with Crippen molar-refractivity contribution in [2.45, 2.75) is 52.4 Å². The van der Waals surface area contributed by atoms with E-state index in [2.05, 4.69) is 13.8 Å². The number of aryl methyl sites for hydroxylation is 2. The van der Waals surface area contributed by atoms with Crippen molar-refractivity contribution in [1.29, 1.82) is 0 Å². The van der Waals surface area contributed by atoms with Gasteiger partial charge < -0.3 is 9.47 Å². The Morgan fingerprint density at radius 3 is 0.925 bits per heavy atom. The second-order valence-electron chi connectivity index (χ2n) is 10.0. The van der Waals surface area contributed by atoms with Crippen molar-refractivity contribution < 1.29 is 28.7 Å². The molecule has 3 aromatic carbocycles. The number of unbranched alkanes of at least 4 members (excludes halogenated alkanes) is 2. The molecule has 0 aromatic heterocycles. The number of carbonyl (C=O) groups is 4. The highest BCUT2D eigenvalue weighted by Gasteiger charge is 2.37. The molecule has 6 nitrogen and oxygen atoms in total. The van der Waals surface area contributed by atoms with E-state index < -0.39 is 23.9 Å². The molecule has 0 radical (unpaired) electrons. The van der Waals surface area contributed by atoms with Gasteiger partial charge in [-0.25, -0.2) is 19.2 Å². The lowest BCUT2D eigenvalue weighted by molar-refractivity contribution is -0.151. The quantitative estimate of drug-likeness (QED) is 0.222. The Balaban J connectivity index is 1.49. The minimum Gasteiger partial charge on any atom is -0.386 e. The first kappa shape index (κ1) is 27.0. The van der Waals surface area contributed by atoms with Crippen LogP contribution in [0.15, 0.2) is 72.8 Å². The molecule has 0 amide bonds. The van der Waals surface area contributed by atoms with Crippen LogP contribution in [0, 0.1) is 0 Å². The van der Waals surface area contributed by atoms with Gasteiger partial charge in [0.2, 0.25) is 0 Å². The Morgan fingerprint density at radius 2 is 0.675 bits per heavy atom. The van der Waals surface area contributed by atoms with Crippen LogP contribution in [0.1, 0.15) is 72.9 Å². The maximum atomic E-state index is 12.7. The second kappa shape index (κ2) is 11.7. The Hall–Kier alpha value is -4.58. The monoisotopic (exact) mass is 534 g/mol. The average Bonchev–Trinajstić information content (AvgIpc) is 3.44. The summed E-state index contributed by atoms with van der Waals surface area (Å²) in [5.41, 5.74) is 5.23. The molecule has 0 saturated carbocycles. The Labute approximate surface area is 233 Å². The van der Waals surface area contributed by atoms with Crippen molar-refractivity contribution in [2.24, 2.45) is 0 Å². The van der Waals surface area contributed by atoms with Crippen LogP contribution in [-0.2, 0) is 41.5 Å². The van der Waals surface area contributed by atoms with Crippen molar-refractivity contribution in [1.82, 2.24) is 0 Å². The summed E-state index contributed by atoms with van der Waals surface area (Å²) in [7, 11) is 0.